The van der Waals surface area contributed by atoms with Crippen molar-refractivity contribution in [3.05, 3.63) is 42.0 Å². The van der Waals surface area contributed by atoms with Crippen molar-refractivity contribution in [1.82, 2.24) is 20.1 Å². The molecule has 2 N–H and O–H groups in total. The number of nitrogens with one attached hydrogen (secondary N) is 2. The molecule has 1 aliphatic heterocycles. The number of ether oxygens (including phenoxy) is 1. The standard InChI is InChI=1S/C15H20N4O2/c1-2-19-10-12(9-17-19)14-13(4-3-7-21-14)18-15(20)11-5-6-16-8-11/h5-6,8-10,13-14,16H,2-4,7H2,1H3,(H,18,20)/t13-,14+/m0/s1. The predicted molar refractivity (Wildman–Crippen MR) is 77.9 cm³/mol. The number of aromatic nitrogens is 3. The van der Waals surface area contributed by atoms with Crippen molar-refractivity contribution in [3.8, 4) is 0 Å². The molecule has 1 saturated heterocycles. The van der Waals surface area contributed by atoms with Crippen LogP contribution in [0.3, 0.4) is 0 Å². The third-order valence-corrected chi connectivity index (χ3v) is 3.80. The number of nitrogens with zero attached hydrogens (tertiary/aromatic N) is 2. The maximum absolute atomic E-state index is 12.2. The first-order chi connectivity index (χ1) is 10.3. The Morgan fingerprint density at radius 1 is 1.62 bits per heavy atom. The fourth-order valence-corrected chi connectivity index (χ4v) is 2.67. The number of carbonyl (C=O) groups is 1. The van der Waals surface area contributed by atoms with Crippen molar-refractivity contribution in [2.24, 2.45) is 0 Å². The summed E-state index contributed by atoms with van der Waals surface area (Å²) in [6.07, 6.45) is 9.01. The molecule has 2 aromatic heterocycles. The van der Waals surface area contributed by atoms with Gasteiger partial charge in [0, 0.05) is 37.3 Å². The summed E-state index contributed by atoms with van der Waals surface area (Å²) in [5, 5.41) is 7.37. The molecule has 3 heterocycles. The van der Waals surface area contributed by atoms with E-state index in [1.165, 1.54) is 0 Å². The van der Waals surface area contributed by atoms with Gasteiger partial charge in [-0.2, -0.15) is 5.10 Å². The van der Waals surface area contributed by atoms with Crippen molar-refractivity contribution in [3.63, 3.8) is 0 Å². The molecule has 0 saturated carbocycles. The van der Waals surface area contributed by atoms with E-state index in [0.29, 0.717) is 5.56 Å². The molecule has 1 fully saturated rings. The number of hydrogen-bond donors (Lipinski definition) is 2. The smallest absolute Gasteiger partial charge is 0.253 e. The Balaban J connectivity index is 1.73. The van der Waals surface area contributed by atoms with Gasteiger partial charge in [-0.3, -0.25) is 9.48 Å². The van der Waals surface area contributed by atoms with Gasteiger partial charge in [0.2, 0.25) is 0 Å². The van der Waals surface area contributed by atoms with E-state index in [9.17, 15) is 4.79 Å². The van der Waals surface area contributed by atoms with Gasteiger partial charge in [0.1, 0.15) is 6.10 Å². The zero-order chi connectivity index (χ0) is 14.7. The van der Waals surface area contributed by atoms with Gasteiger partial charge in [-0.05, 0) is 25.8 Å². The second kappa shape index (κ2) is 6.13. The van der Waals surface area contributed by atoms with Crippen molar-refractivity contribution >= 4 is 5.91 Å². The average molecular weight is 288 g/mol. The molecule has 0 aromatic carbocycles. The highest BCUT2D eigenvalue weighted by molar-refractivity contribution is 5.94. The Hall–Kier alpha value is -2.08. The van der Waals surface area contributed by atoms with Crippen LogP contribution in [0.5, 0.6) is 0 Å². The molecule has 1 aliphatic rings. The fraction of sp³-hybridized carbons (Fsp3) is 0.467. The Morgan fingerprint density at radius 3 is 3.24 bits per heavy atom. The van der Waals surface area contributed by atoms with Crippen LogP contribution in [0.1, 0.15) is 41.8 Å². The molecule has 2 atom stereocenters. The summed E-state index contributed by atoms with van der Waals surface area (Å²) in [6.45, 7) is 3.59. The van der Waals surface area contributed by atoms with Gasteiger partial charge in [0.05, 0.1) is 17.8 Å². The number of carbonyl (C=O) groups excluding carboxylic acids is 1. The normalized spacial score (nSPS) is 22.1. The minimum absolute atomic E-state index is 0.0179. The summed E-state index contributed by atoms with van der Waals surface area (Å²) >= 11 is 0. The summed E-state index contributed by atoms with van der Waals surface area (Å²) in [4.78, 5) is 15.1. The Bertz CT molecular complexity index is 591. The molecule has 6 nitrogen and oxygen atoms in total. The van der Waals surface area contributed by atoms with Crippen LogP contribution in [0.4, 0.5) is 0 Å². The van der Waals surface area contributed by atoms with Crippen LogP contribution >= 0.6 is 0 Å². The Labute approximate surface area is 123 Å². The highest BCUT2D eigenvalue weighted by Gasteiger charge is 2.30. The average Bonchev–Trinajstić information content (AvgIpc) is 3.19. The van der Waals surface area contributed by atoms with E-state index in [1.807, 2.05) is 24.0 Å². The van der Waals surface area contributed by atoms with Gasteiger partial charge < -0.3 is 15.0 Å². The lowest BCUT2D eigenvalue weighted by atomic mass is 9.98. The van der Waals surface area contributed by atoms with Crippen LogP contribution in [0.15, 0.2) is 30.9 Å². The molecule has 0 unspecified atom stereocenters. The van der Waals surface area contributed by atoms with E-state index in [0.717, 1.165) is 31.6 Å². The molecule has 112 valence electrons. The lowest BCUT2D eigenvalue weighted by Gasteiger charge is -2.31. The molecular formula is C15H20N4O2. The largest absolute Gasteiger partial charge is 0.371 e. The molecule has 0 spiro atoms. The highest BCUT2D eigenvalue weighted by Crippen LogP contribution is 2.28. The zero-order valence-electron chi connectivity index (χ0n) is 12.1. The Morgan fingerprint density at radius 2 is 2.52 bits per heavy atom. The van der Waals surface area contributed by atoms with Gasteiger partial charge in [0.15, 0.2) is 0 Å². The van der Waals surface area contributed by atoms with Crippen LogP contribution in [-0.4, -0.2) is 33.3 Å². The predicted octanol–water partition coefficient (Wildman–Crippen LogP) is 1.88. The number of aryl methyl sites for hydroxylation is 1. The van der Waals surface area contributed by atoms with Crippen molar-refractivity contribution in [2.45, 2.75) is 38.5 Å². The van der Waals surface area contributed by atoms with E-state index in [2.05, 4.69) is 15.4 Å². The fourth-order valence-electron chi connectivity index (χ4n) is 2.67. The van der Waals surface area contributed by atoms with Gasteiger partial charge >= 0.3 is 0 Å². The van der Waals surface area contributed by atoms with Gasteiger partial charge in [-0.25, -0.2) is 0 Å². The van der Waals surface area contributed by atoms with Gasteiger partial charge in [-0.15, -0.1) is 0 Å². The SMILES string of the molecule is CCn1cc([C@H]2OCCC[C@@H]2NC(=O)c2cc[nH]c2)cn1. The summed E-state index contributed by atoms with van der Waals surface area (Å²) in [7, 11) is 0. The summed E-state index contributed by atoms with van der Waals surface area (Å²) in [6, 6.07) is 1.75. The highest BCUT2D eigenvalue weighted by atomic mass is 16.5. The lowest BCUT2D eigenvalue weighted by molar-refractivity contribution is -0.00950. The monoisotopic (exact) mass is 288 g/mol. The number of H-pyrrole nitrogens is 1. The first-order valence-electron chi connectivity index (χ1n) is 7.35. The quantitative estimate of drug-likeness (QED) is 0.902. The van der Waals surface area contributed by atoms with E-state index >= 15 is 0 Å². The molecule has 21 heavy (non-hydrogen) atoms. The number of amides is 1. The summed E-state index contributed by atoms with van der Waals surface area (Å²) in [5.41, 5.74) is 1.67. The maximum atomic E-state index is 12.2. The molecule has 6 heteroatoms. The van der Waals surface area contributed by atoms with Crippen molar-refractivity contribution < 1.29 is 9.53 Å². The van der Waals surface area contributed by atoms with E-state index in [4.69, 9.17) is 4.74 Å². The zero-order valence-corrected chi connectivity index (χ0v) is 12.1. The summed E-state index contributed by atoms with van der Waals surface area (Å²) < 4.78 is 7.75. The van der Waals surface area contributed by atoms with Gasteiger partial charge in [-0.1, -0.05) is 0 Å². The van der Waals surface area contributed by atoms with E-state index < -0.39 is 0 Å². The Kier molecular flexibility index (Phi) is 4.06. The van der Waals surface area contributed by atoms with Crippen LogP contribution < -0.4 is 5.32 Å². The third-order valence-electron chi connectivity index (χ3n) is 3.80. The summed E-state index contributed by atoms with van der Waals surface area (Å²) in [5.74, 6) is -0.0698. The molecule has 2 aromatic rings. The molecule has 1 amide bonds. The number of rotatable bonds is 4. The van der Waals surface area contributed by atoms with Crippen molar-refractivity contribution in [2.75, 3.05) is 6.61 Å². The van der Waals surface area contributed by atoms with Crippen LogP contribution in [0, 0.1) is 0 Å². The van der Waals surface area contributed by atoms with Crippen LogP contribution in [0.2, 0.25) is 0 Å². The van der Waals surface area contributed by atoms with E-state index in [1.54, 1.807) is 18.5 Å². The second-order valence-corrected chi connectivity index (χ2v) is 5.24. The maximum Gasteiger partial charge on any atom is 0.253 e. The van der Waals surface area contributed by atoms with Gasteiger partial charge in [0.25, 0.3) is 5.91 Å². The van der Waals surface area contributed by atoms with Crippen molar-refractivity contribution in [1.29, 1.82) is 0 Å². The number of hydrogen-bond acceptors (Lipinski definition) is 3. The molecular weight excluding hydrogens is 268 g/mol. The van der Waals surface area contributed by atoms with E-state index in [-0.39, 0.29) is 18.1 Å². The second-order valence-electron chi connectivity index (χ2n) is 5.24. The van der Waals surface area contributed by atoms with Crippen LogP contribution in [-0.2, 0) is 11.3 Å². The third kappa shape index (κ3) is 3.00. The minimum Gasteiger partial charge on any atom is -0.371 e. The molecule has 3 rings (SSSR count). The first kappa shape index (κ1) is 13.9. The molecule has 0 bridgehead atoms. The molecule has 0 aliphatic carbocycles. The molecule has 0 radical (unpaired) electrons. The lowest BCUT2D eigenvalue weighted by Crippen LogP contribution is -2.42. The topological polar surface area (TPSA) is 71.9 Å². The minimum atomic E-state index is -0.123. The first-order valence-corrected chi connectivity index (χ1v) is 7.35. The van der Waals surface area contributed by atoms with Crippen LogP contribution in [0.25, 0.3) is 0 Å². The number of aromatic amines is 1.